The van der Waals surface area contributed by atoms with Crippen LogP contribution in [0, 0.1) is 0 Å². The van der Waals surface area contributed by atoms with Gasteiger partial charge >= 0.3 is 11.3 Å². The molecule has 8 heteroatoms. The number of hydrogen-bond donors (Lipinski definition) is 0. The number of benzene rings is 4. The smallest absolute Gasteiger partial charge is 0.347 e. The van der Waals surface area contributed by atoms with Crippen LogP contribution in [0.15, 0.2) is 126 Å². The molecule has 0 aliphatic rings. The molecule has 8 nitrogen and oxygen atoms in total. The van der Waals surface area contributed by atoms with E-state index < -0.39 is 11.3 Å². The van der Waals surface area contributed by atoms with Gasteiger partial charge in [0.05, 0.1) is 33.2 Å². The van der Waals surface area contributed by atoms with E-state index in [9.17, 15) is 9.59 Å². The number of fused-ring (bicyclic) bond motifs is 2. The summed E-state index contributed by atoms with van der Waals surface area (Å²) >= 11 is 0. The van der Waals surface area contributed by atoms with E-state index in [-0.39, 0.29) is 11.8 Å². The van der Waals surface area contributed by atoms with Crippen molar-refractivity contribution in [3.63, 3.8) is 0 Å². The Bertz CT molecular complexity index is 1730. The molecule has 0 saturated carbocycles. The minimum absolute atomic E-state index is 0.242. The van der Waals surface area contributed by atoms with Gasteiger partial charge in [-0.15, -0.1) is 0 Å². The van der Waals surface area contributed by atoms with Gasteiger partial charge < -0.3 is 8.83 Å². The number of rotatable bonds is 4. The van der Waals surface area contributed by atoms with Crippen molar-refractivity contribution >= 4 is 33.2 Å². The van der Waals surface area contributed by atoms with Crippen molar-refractivity contribution in [2.45, 2.75) is 0 Å². The second-order valence-electron chi connectivity index (χ2n) is 7.94. The Labute approximate surface area is 203 Å². The zero-order valence-electron chi connectivity index (χ0n) is 18.7. The summed E-state index contributed by atoms with van der Waals surface area (Å²) in [6.45, 7) is 0. The zero-order chi connectivity index (χ0) is 24.5. The molecule has 6 aromatic rings. The van der Waals surface area contributed by atoms with E-state index in [1.165, 1.54) is 0 Å². The molecule has 36 heavy (non-hydrogen) atoms. The first-order valence-corrected chi connectivity index (χ1v) is 11.1. The molecule has 0 saturated heterocycles. The predicted molar refractivity (Wildman–Crippen MR) is 136 cm³/mol. The van der Waals surface area contributed by atoms with E-state index in [0.29, 0.717) is 44.3 Å². The number of azo groups is 1. The Hall–Kier alpha value is -5.24. The van der Waals surface area contributed by atoms with Crippen LogP contribution in [-0.2, 0) is 0 Å². The Balaban J connectivity index is 1.21. The number of nitrogens with zero attached hydrogens (tertiary/aromatic N) is 4. The molecule has 0 fully saturated rings. The van der Waals surface area contributed by atoms with Gasteiger partial charge in [-0.25, -0.2) is 19.6 Å². The van der Waals surface area contributed by atoms with Gasteiger partial charge in [-0.05, 0) is 72.8 Å². The summed E-state index contributed by atoms with van der Waals surface area (Å²) in [5.41, 5.74) is 2.85. The molecule has 2 heterocycles. The Morgan fingerprint density at radius 3 is 1.31 bits per heavy atom. The fourth-order valence-corrected chi connectivity index (χ4v) is 3.74. The third-order valence-electron chi connectivity index (χ3n) is 5.58. The number of hydrogen-bond acceptors (Lipinski definition) is 8. The molecular weight excluding hydrogens is 456 g/mol. The van der Waals surface area contributed by atoms with Crippen molar-refractivity contribution in [3.05, 3.63) is 118 Å². The fourth-order valence-electron chi connectivity index (χ4n) is 3.74. The average molecular weight is 472 g/mol. The highest BCUT2D eigenvalue weighted by Crippen LogP contribution is 2.25. The second kappa shape index (κ2) is 8.84. The Kier molecular flexibility index (Phi) is 5.23. The van der Waals surface area contributed by atoms with E-state index in [1.54, 1.807) is 84.9 Å². The van der Waals surface area contributed by atoms with Crippen molar-refractivity contribution < 1.29 is 8.83 Å². The lowest BCUT2D eigenvalue weighted by Gasteiger charge is -2.02. The lowest BCUT2D eigenvalue weighted by atomic mass is 10.2. The summed E-state index contributed by atoms with van der Waals surface area (Å²) in [7, 11) is 0. The molecule has 0 bridgehead atoms. The molecule has 2 aromatic heterocycles. The van der Waals surface area contributed by atoms with Crippen molar-refractivity contribution in [1.82, 2.24) is 9.97 Å². The van der Waals surface area contributed by atoms with Crippen LogP contribution in [0.2, 0.25) is 0 Å². The molecule has 0 unspecified atom stereocenters. The lowest BCUT2D eigenvalue weighted by molar-refractivity contribution is 0.518. The molecule has 0 radical (unpaired) electrons. The molecule has 4 aromatic carbocycles. The van der Waals surface area contributed by atoms with Gasteiger partial charge in [0.15, 0.2) is 0 Å². The van der Waals surface area contributed by atoms with Gasteiger partial charge in [0, 0.05) is 11.1 Å². The molecule has 0 spiro atoms. The topological polar surface area (TPSA) is 111 Å². The highest BCUT2D eigenvalue weighted by molar-refractivity contribution is 5.79. The van der Waals surface area contributed by atoms with E-state index >= 15 is 0 Å². The summed E-state index contributed by atoms with van der Waals surface area (Å²) in [4.78, 5) is 33.3. The molecule has 0 atom stereocenters. The number of aromatic nitrogens is 2. The predicted octanol–water partition coefficient (Wildman–Crippen LogP) is 6.44. The van der Waals surface area contributed by atoms with Crippen molar-refractivity contribution in [1.29, 1.82) is 0 Å². The SMILES string of the molecule is O=c1oc(-c2ccc(N=Nc3ccc(-c4nc5ccccc5c(=O)o4)cc3)cc2)nc2ccccc12. The van der Waals surface area contributed by atoms with Crippen LogP contribution in [0.5, 0.6) is 0 Å². The minimum Gasteiger partial charge on any atom is -0.403 e. The third-order valence-corrected chi connectivity index (χ3v) is 5.58. The first-order chi connectivity index (χ1) is 17.6. The second-order valence-corrected chi connectivity index (χ2v) is 7.94. The molecule has 0 aliphatic heterocycles. The van der Waals surface area contributed by atoms with Gasteiger partial charge in [-0.3, -0.25) is 0 Å². The van der Waals surface area contributed by atoms with E-state index in [1.807, 2.05) is 12.1 Å². The van der Waals surface area contributed by atoms with Gasteiger partial charge in [0.2, 0.25) is 11.8 Å². The van der Waals surface area contributed by atoms with Crippen LogP contribution in [0.1, 0.15) is 0 Å². The summed E-state index contributed by atoms with van der Waals surface area (Å²) in [6, 6.07) is 28.2. The largest absolute Gasteiger partial charge is 0.403 e. The monoisotopic (exact) mass is 472 g/mol. The summed E-state index contributed by atoms with van der Waals surface area (Å²) in [6.07, 6.45) is 0. The normalized spacial score (nSPS) is 11.4. The first-order valence-electron chi connectivity index (χ1n) is 11.1. The van der Waals surface area contributed by atoms with E-state index in [2.05, 4.69) is 20.2 Å². The molecule has 6 rings (SSSR count). The van der Waals surface area contributed by atoms with Crippen molar-refractivity contribution in [3.8, 4) is 22.9 Å². The Morgan fingerprint density at radius 1 is 0.500 bits per heavy atom. The average Bonchev–Trinajstić information content (AvgIpc) is 2.92. The van der Waals surface area contributed by atoms with Crippen LogP contribution in [-0.4, -0.2) is 9.97 Å². The molecule has 0 aliphatic carbocycles. The van der Waals surface area contributed by atoms with Gasteiger partial charge in [0.25, 0.3) is 0 Å². The Morgan fingerprint density at radius 2 is 0.889 bits per heavy atom. The van der Waals surface area contributed by atoms with E-state index in [4.69, 9.17) is 8.83 Å². The van der Waals surface area contributed by atoms with Crippen LogP contribution in [0.3, 0.4) is 0 Å². The van der Waals surface area contributed by atoms with Gasteiger partial charge in [0.1, 0.15) is 0 Å². The summed E-state index contributed by atoms with van der Waals surface area (Å²) < 4.78 is 10.7. The van der Waals surface area contributed by atoms with E-state index in [0.717, 1.165) is 0 Å². The minimum atomic E-state index is -0.430. The molecular formula is C28H16N4O4. The van der Waals surface area contributed by atoms with Crippen LogP contribution in [0.25, 0.3) is 44.7 Å². The van der Waals surface area contributed by atoms with Gasteiger partial charge in [-0.1, -0.05) is 24.3 Å². The summed E-state index contributed by atoms with van der Waals surface area (Å²) in [5.74, 6) is 0.485. The summed E-state index contributed by atoms with van der Waals surface area (Å²) in [5, 5.41) is 9.40. The molecule has 172 valence electrons. The van der Waals surface area contributed by atoms with Crippen LogP contribution >= 0.6 is 0 Å². The lowest BCUT2D eigenvalue weighted by Crippen LogP contribution is -2.02. The maximum absolute atomic E-state index is 12.2. The molecule has 0 N–H and O–H groups in total. The highest BCUT2D eigenvalue weighted by atomic mass is 16.4. The van der Waals surface area contributed by atoms with Gasteiger partial charge in [-0.2, -0.15) is 10.2 Å². The zero-order valence-corrected chi connectivity index (χ0v) is 18.7. The van der Waals surface area contributed by atoms with Crippen LogP contribution < -0.4 is 11.3 Å². The number of para-hydroxylation sites is 2. The quantitative estimate of drug-likeness (QED) is 0.273. The fraction of sp³-hybridized carbons (Fsp3) is 0. The highest BCUT2D eigenvalue weighted by Gasteiger charge is 2.09. The maximum atomic E-state index is 12.2. The standard InChI is InChI=1S/C28H16N4O4/c33-27-21-5-1-3-7-23(21)29-25(35-27)17-9-13-19(14-10-17)31-32-20-15-11-18(12-16-20)26-30-24-8-4-2-6-22(24)28(34)36-26/h1-16H. The van der Waals surface area contributed by atoms with Crippen LogP contribution in [0.4, 0.5) is 11.4 Å². The third kappa shape index (κ3) is 4.07. The maximum Gasteiger partial charge on any atom is 0.347 e. The first kappa shape index (κ1) is 21.3. The van der Waals surface area contributed by atoms with Crippen molar-refractivity contribution in [2.24, 2.45) is 10.2 Å². The molecule has 0 amide bonds. The van der Waals surface area contributed by atoms with Crippen molar-refractivity contribution in [2.75, 3.05) is 0 Å².